The lowest BCUT2D eigenvalue weighted by molar-refractivity contribution is -0.00257. The Bertz CT molecular complexity index is 868. The van der Waals surface area contributed by atoms with E-state index in [9.17, 15) is 9.90 Å². The normalized spacial score (nSPS) is 25.4. The quantitative estimate of drug-likeness (QED) is 0.848. The Morgan fingerprint density at radius 1 is 1.14 bits per heavy atom. The van der Waals surface area contributed by atoms with Gasteiger partial charge in [-0.1, -0.05) is 0 Å². The molecule has 1 aliphatic carbocycles. The van der Waals surface area contributed by atoms with Crippen molar-refractivity contribution < 1.29 is 9.90 Å². The third-order valence-corrected chi connectivity index (χ3v) is 6.49. The highest BCUT2D eigenvalue weighted by Crippen LogP contribution is 2.32. The summed E-state index contributed by atoms with van der Waals surface area (Å²) in [4.78, 5) is 24.0. The summed E-state index contributed by atoms with van der Waals surface area (Å²) in [5.74, 6) is 1.18. The second-order valence-electron chi connectivity index (χ2n) is 8.97. The number of aromatic nitrogens is 2. The van der Waals surface area contributed by atoms with Crippen molar-refractivity contribution >= 4 is 22.6 Å². The third kappa shape index (κ3) is 3.83. The van der Waals surface area contributed by atoms with Crippen molar-refractivity contribution in [1.29, 1.82) is 0 Å². The summed E-state index contributed by atoms with van der Waals surface area (Å²) in [7, 11) is 0. The van der Waals surface area contributed by atoms with Crippen LogP contribution in [0.25, 0.3) is 10.9 Å². The average molecular weight is 383 g/mol. The third-order valence-electron chi connectivity index (χ3n) is 6.49. The highest BCUT2D eigenvalue weighted by molar-refractivity contribution is 5.97. The number of hydrogen-bond acceptors (Lipinski definition) is 5. The van der Waals surface area contributed by atoms with Gasteiger partial charge in [-0.15, -0.1) is 0 Å². The van der Waals surface area contributed by atoms with Crippen LogP contribution in [0.3, 0.4) is 0 Å². The van der Waals surface area contributed by atoms with Crippen LogP contribution in [-0.2, 0) is 0 Å². The molecule has 2 aromatic heterocycles. The van der Waals surface area contributed by atoms with Gasteiger partial charge in [0.1, 0.15) is 5.82 Å². The molecule has 28 heavy (non-hydrogen) atoms. The van der Waals surface area contributed by atoms with Crippen molar-refractivity contribution in [2.24, 2.45) is 5.92 Å². The number of carbonyl (C=O) groups excluding carboxylic acids is 1. The van der Waals surface area contributed by atoms with E-state index in [-0.39, 0.29) is 11.9 Å². The van der Waals surface area contributed by atoms with E-state index in [2.05, 4.69) is 27.1 Å². The van der Waals surface area contributed by atoms with E-state index in [0.29, 0.717) is 17.5 Å². The summed E-state index contributed by atoms with van der Waals surface area (Å²) in [6.07, 6.45) is 8.35. The van der Waals surface area contributed by atoms with Crippen LogP contribution in [-0.4, -0.2) is 45.2 Å². The van der Waals surface area contributed by atoms with E-state index in [1.54, 1.807) is 6.20 Å². The van der Waals surface area contributed by atoms with Crippen LogP contribution in [0, 0.1) is 5.92 Å². The van der Waals surface area contributed by atoms with E-state index in [1.165, 1.54) is 6.42 Å². The topological polar surface area (TPSA) is 78.4 Å². The molecule has 2 fully saturated rings. The molecule has 6 nitrogen and oxygen atoms in total. The molecule has 3 heterocycles. The van der Waals surface area contributed by atoms with Crippen molar-refractivity contribution in [3.63, 3.8) is 0 Å². The molecule has 1 unspecified atom stereocenters. The van der Waals surface area contributed by atoms with E-state index >= 15 is 0 Å². The molecule has 1 saturated heterocycles. The number of anilines is 1. The molecule has 150 valence electrons. The number of nitrogens with zero attached hydrogens (tertiary/aromatic N) is 3. The molecule has 0 aromatic carbocycles. The molecule has 0 radical (unpaired) electrons. The first-order valence-electron chi connectivity index (χ1n) is 10.4. The molecule has 2 N–H and O–H groups in total. The average Bonchev–Trinajstić information content (AvgIpc) is 2.66. The predicted octanol–water partition coefficient (Wildman–Crippen LogP) is 3.29. The molecule has 2 aromatic rings. The van der Waals surface area contributed by atoms with Gasteiger partial charge in [0, 0.05) is 42.5 Å². The zero-order valence-corrected chi connectivity index (χ0v) is 17.0. The molecule has 2 aliphatic rings. The summed E-state index contributed by atoms with van der Waals surface area (Å²) in [6.45, 7) is 6.99. The van der Waals surface area contributed by atoms with Crippen molar-refractivity contribution in [2.45, 2.75) is 70.6 Å². The first kappa shape index (κ1) is 19.1. The minimum absolute atomic E-state index is 0.0819. The van der Waals surface area contributed by atoms with Crippen LogP contribution in [0.15, 0.2) is 24.5 Å². The lowest BCUT2D eigenvalue weighted by atomic mass is 9.77. The van der Waals surface area contributed by atoms with Crippen LogP contribution in [0.5, 0.6) is 0 Å². The van der Waals surface area contributed by atoms with Gasteiger partial charge in [-0.05, 0) is 64.9 Å². The Morgan fingerprint density at radius 3 is 2.50 bits per heavy atom. The molecule has 1 saturated carbocycles. The molecule has 6 heteroatoms. The Kier molecular flexibility index (Phi) is 5.00. The maximum atomic E-state index is 12.7. The number of aliphatic hydroxyl groups is 1. The van der Waals surface area contributed by atoms with Crippen molar-refractivity contribution in [3.8, 4) is 0 Å². The van der Waals surface area contributed by atoms with Gasteiger partial charge in [-0.2, -0.15) is 0 Å². The number of amides is 1. The zero-order valence-electron chi connectivity index (χ0n) is 17.0. The fraction of sp³-hybridized carbons (Fsp3) is 0.591. The summed E-state index contributed by atoms with van der Waals surface area (Å²) >= 11 is 0. The molecular weight excluding hydrogens is 352 g/mol. The maximum Gasteiger partial charge on any atom is 0.253 e. The number of carbonyl (C=O) groups is 1. The Labute approximate surface area is 166 Å². The van der Waals surface area contributed by atoms with Crippen molar-refractivity contribution in [1.82, 2.24) is 15.3 Å². The van der Waals surface area contributed by atoms with Crippen LogP contribution < -0.4 is 10.2 Å². The van der Waals surface area contributed by atoms with E-state index < -0.39 is 5.60 Å². The molecule has 1 amide bonds. The molecule has 0 spiro atoms. The lowest BCUT2D eigenvalue weighted by Crippen LogP contribution is -2.46. The Hall–Kier alpha value is -2.21. The molecule has 0 bridgehead atoms. The first-order chi connectivity index (χ1) is 13.3. The summed E-state index contributed by atoms with van der Waals surface area (Å²) < 4.78 is 0. The van der Waals surface area contributed by atoms with Gasteiger partial charge in [-0.3, -0.25) is 9.78 Å². The summed E-state index contributed by atoms with van der Waals surface area (Å²) in [5, 5.41) is 14.2. The zero-order chi connectivity index (χ0) is 19.9. The highest BCUT2D eigenvalue weighted by Gasteiger charge is 2.32. The lowest BCUT2D eigenvalue weighted by Gasteiger charge is -2.39. The SMILES string of the molecule is CC1CCN1c1cc2ncc(C(=O)N[C@H]3CC[C@H](C(C)(C)O)CC3)cc2cn1. The number of rotatable bonds is 4. The second-order valence-corrected chi connectivity index (χ2v) is 8.97. The van der Waals surface area contributed by atoms with Crippen LogP contribution in [0.4, 0.5) is 5.82 Å². The second kappa shape index (κ2) is 7.32. The number of hydrogen-bond donors (Lipinski definition) is 2. The van der Waals surface area contributed by atoms with Gasteiger partial charge >= 0.3 is 0 Å². The number of nitrogens with one attached hydrogen (secondary N) is 1. The fourth-order valence-electron chi connectivity index (χ4n) is 4.36. The maximum absolute atomic E-state index is 12.7. The van der Waals surface area contributed by atoms with Gasteiger partial charge in [0.25, 0.3) is 5.91 Å². The minimum atomic E-state index is -0.642. The van der Waals surface area contributed by atoms with Gasteiger partial charge in [0.15, 0.2) is 0 Å². The van der Waals surface area contributed by atoms with E-state index in [0.717, 1.165) is 48.9 Å². The molecule has 4 rings (SSSR count). The van der Waals surface area contributed by atoms with E-state index in [4.69, 9.17) is 0 Å². The summed E-state index contributed by atoms with van der Waals surface area (Å²) in [5.41, 5.74) is 0.798. The summed E-state index contributed by atoms with van der Waals surface area (Å²) in [6, 6.07) is 4.57. The van der Waals surface area contributed by atoms with Crippen LogP contribution >= 0.6 is 0 Å². The molecule has 1 atom stereocenters. The van der Waals surface area contributed by atoms with Gasteiger partial charge in [-0.25, -0.2) is 4.98 Å². The standard InChI is InChI=1S/C22H30N4O2/c1-14-8-9-26(14)20-11-19-15(12-24-20)10-16(13-23-19)21(27)25-18-6-4-17(5-7-18)22(2,3)28/h10-14,17-18,28H,4-9H2,1-3H3,(H,25,27)/t14?,17-,18-. The smallest absolute Gasteiger partial charge is 0.253 e. The minimum Gasteiger partial charge on any atom is -0.390 e. The fourth-order valence-corrected chi connectivity index (χ4v) is 4.36. The number of fused-ring (bicyclic) bond motifs is 1. The Morgan fingerprint density at radius 2 is 1.89 bits per heavy atom. The van der Waals surface area contributed by atoms with Crippen LogP contribution in [0.2, 0.25) is 0 Å². The van der Waals surface area contributed by atoms with Crippen molar-refractivity contribution in [2.75, 3.05) is 11.4 Å². The predicted molar refractivity (Wildman–Crippen MR) is 110 cm³/mol. The van der Waals surface area contributed by atoms with Gasteiger partial charge in [0.2, 0.25) is 0 Å². The largest absolute Gasteiger partial charge is 0.390 e. The van der Waals surface area contributed by atoms with Crippen molar-refractivity contribution in [3.05, 3.63) is 30.1 Å². The monoisotopic (exact) mass is 382 g/mol. The number of pyridine rings is 2. The van der Waals surface area contributed by atoms with Crippen LogP contribution in [0.1, 0.15) is 63.2 Å². The molecule has 1 aliphatic heterocycles. The van der Waals surface area contributed by atoms with Gasteiger partial charge < -0.3 is 15.3 Å². The molecular formula is C22H30N4O2. The first-order valence-corrected chi connectivity index (χ1v) is 10.4. The highest BCUT2D eigenvalue weighted by atomic mass is 16.3. The van der Waals surface area contributed by atoms with Gasteiger partial charge in [0.05, 0.1) is 16.7 Å². The Balaban J connectivity index is 1.41. The van der Waals surface area contributed by atoms with E-state index in [1.807, 2.05) is 32.2 Å².